The lowest BCUT2D eigenvalue weighted by atomic mass is 9.95. The van der Waals surface area contributed by atoms with Gasteiger partial charge in [-0.1, -0.05) is 12.0 Å². The zero-order chi connectivity index (χ0) is 16.4. The van der Waals surface area contributed by atoms with E-state index in [1.807, 2.05) is 0 Å². The quantitative estimate of drug-likeness (QED) is 0.486. The molecule has 1 saturated heterocycles. The lowest BCUT2D eigenvalue weighted by molar-refractivity contribution is -0.385. The summed E-state index contributed by atoms with van der Waals surface area (Å²) in [5.74, 6) is 4.44. The largest absolute Gasteiger partial charge is 0.363 e. The highest BCUT2D eigenvalue weighted by Gasteiger charge is 2.42. The van der Waals surface area contributed by atoms with E-state index in [9.17, 15) is 18.9 Å². The highest BCUT2D eigenvalue weighted by molar-refractivity contribution is 5.58. The van der Waals surface area contributed by atoms with Gasteiger partial charge in [0.15, 0.2) is 0 Å². The molecule has 7 heteroatoms. The number of halogens is 2. The fourth-order valence-corrected chi connectivity index (χ4v) is 2.28. The van der Waals surface area contributed by atoms with Crippen molar-refractivity contribution in [3.63, 3.8) is 0 Å². The van der Waals surface area contributed by atoms with Crippen molar-refractivity contribution in [1.82, 2.24) is 4.98 Å². The van der Waals surface area contributed by atoms with Gasteiger partial charge in [0.1, 0.15) is 11.5 Å². The second-order valence-corrected chi connectivity index (χ2v) is 5.21. The van der Waals surface area contributed by atoms with Crippen molar-refractivity contribution in [2.24, 2.45) is 0 Å². The molecule has 0 saturated carbocycles. The van der Waals surface area contributed by atoms with Crippen LogP contribution in [0.3, 0.4) is 0 Å². The molecule has 0 spiro atoms. The van der Waals surface area contributed by atoms with Gasteiger partial charge in [-0.2, -0.15) is 0 Å². The summed E-state index contributed by atoms with van der Waals surface area (Å²) in [5, 5.41) is 10.7. The normalized spacial score (nSPS) is 15.3. The molecule has 1 aromatic heterocycles. The van der Waals surface area contributed by atoms with Gasteiger partial charge in [-0.25, -0.2) is 13.8 Å². The maximum absolute atomic E-state index is 14.4. The van der Waals surface area contributed by atoms with Gasteiger partial charge in [0, 0.05) is 18.0 Å². The molecule has 116 valence electrons. The number of nitro benzene ring substituents is 1. The molecule has 1 aromatic carbocycles. The molecule has 2 heterocycles. The van der Waals surface area contributed by atoms with Crippen molar-refractivity contribution in [2.75, 3.05) is 18.0 Å². The molecule has 0 atom stereocenters. The van der Waals surface area contributed by atoms with E-state index >= 15 is 0 Å². The maximum atomic E-state index is 14.4. The number of nitro groups is 1. The molecule has 2 aromatic rings. The molecular weight excluding hydrogens is 304 g/mol. The van der Waals surface area contributed by atoms with Crippen LogP contribution in [0.25, 0.3) is 0 Å². The van der Waals surface area contributed by atoms with Crippen LogP contribution in [-0.2, 0) is 0 Å². The fraction of sp³-hybridized carbons (Fsp3) is 0.188. The highest BCUT2D eigenvalue weighted by Crippen LogP contribution is 2.32. The van der Waals surface area contributed by atoms with Gasteiger partial charge in [-0.3, -0.25) is 10.1 Å². The lowest BCUT2D eigenvalue weighted by Gasteiger charge is -2.42. The topological polar surface area (TPSA) is 59.3 Å². The summed E-state index contributed by atoms with van der Waals surface area (Å²) in [5.41, 5.74) is -1.37. The standard InChI is InChI=1S/C16H11F2N3O2/c17-12-7-14(9-15(8-12)21(22)23)20-10-16(18,11-20)5-4-13-3-1-2-6-19-13/h1-3,6-9H,10-11H2. The number of anilines is 1. The Balaban J connectivity index is 1.74. The zero-order valence-corrected chi connectivity index (χ0v) is 11.9. The lowest BCUT2D eigenvalue weighted by Crippen LogP contribution is -2.58. The van der Waals surface area contributed by atoms with E-state index in [-0.39, 0.29) is 24.5 Å². The first-order valence-corrected chi connectivity index (χ1v) is 6.78. The molecule has 0 amide bonds. The third-order valence-corrected chi connectivity index (χ3v) is 3.41. The number of hydrogen-bond donors (Lipinski definition) is 0. The maximum Gasteiger partial charge on any atom is 0.274 e. The van der Waals surface area contributed by atoms with E-state index in [1.54, 1.807) is 24.4 Å². The van der Waals surface area contributed by atoms with E-state index in [0.29, 0.717) is 5.69 Å². The first-order valence-electron chi connectivity index (χ1n) is 6.78. The van der Waals surface area contributed by atoms with Crippen LogP contribution < -0.4 is 4.90 Å². The number of pyridine rings is 1. The van der Waals surface area contributed by atoms with Gasteiger partial charge in [-0.05, 0) is 24.1 Å². The van der Waals surface area contributed by atoms with E-state index < -0.39 is 16.4 Å². The highest BCUT2D eigenvalue weighted by atomic mass is 19.1. The Morgan fingerprint density at radius 2 is 2.09 bits per heavy atom. The van der Waals surface area contributed by atoms with Crippen LogP contribution in [0.4, 0.5) is 20.2 Å². The number of benzene rings is 1. The second kappa shape index (κ2) is 5.65. The first-order chi connectivity index (χ1) is 11.0. The Hall–Kier alpha value is -3.01. The van der Waals surface area contributed by atoms with Gasteiger partial charge >= 0.3 is 0 Å². The molecule has 1 aliphatic rings. The summed E-state index contributed by atoms with van der Waals surface area (Å²) in [6.07, 6.45) is 1.56. The van der Waals surface area contributed by atoms with Crippen molar-refractivity contribution in [3.05, 3.63) is 64.2 Å². The Morgan fingerprint density at radius 1 is 1.30 bits per heavy atom. The molecule has 1 fully saturated rings. The second-order valence-electron chi connectivity index (χ2n) is 5.21. The summed E-state index contributed by atoms with van der Waals surface area (Å²) in [6, 6.07) is 8.34. The van der Waals surface area contributed by atoms with Gasteiger partial charge in [0.25, 0.3) is 5.69 Å². The molecule has 0 unspecified atom stereocenters. The molecule has 3 rings (SSSR count). The Bertz CT molecular complexity index is 809. The van der Waals surface area contributed by atoms with Crippen molar-refractivity contribution < 1.29 is 13.7 Å². The van der Waals surface area contributed by atoms with Crippen LogP contribution in [0.1, 0.15) is 5.69 Å². The molecular formula is C16H11F2N3O2. The minimum atomic E-state index is -1.74. The number of alkyl halides is 1. The summed E-state index contributed by atoms with van der Waals surface area (Å²) in [4.78, 5) is 15.5. The smallest absolute Gasteiger partial charge is 0.274 e. The Labute approximate surface area is 130 Å². The van der Waals surface area contributed by atoms with Crippen LogP contribution in [0.2, 0.25) is 0 Å². The predicted molar refractivity (Wildman–Crippen MR) is 80.2 cm³/mol. The third-order valence-electron chi connectivity index (χ3n) is 3.41. The van der Waals surface area contributed by atoms with Crippen LogP contribution in [-0.4, -0.2) is 28.7 Å². The van der Waals surface area contributed by atoms with Crippen LogP contribution in [0, 0.1) is 27.8 Å². The Kier molecular flexibility index (Phi) is 3.66. The summed E-state index contributed by atoms with van der Waals surface area (Å²) in [6.45, 7) is -0.152. The average Bonchev–Trinajstić information content (AvgIpc) is 2.50. The van der Waals surface area contributed by atoms with E-state index in [1.165, 1.54) is 11.0 Å². The summed E-state index contributed by atoms with van der Waals surface area (Å²) in [7, 11) is 0. The zero-order valence-electron chi connectivity index (χ0n) is 11.9. The summed E-state index contributed by atoms with van der Waals surface area (Å²) < 4.78 is 27.8. The van der Waals surface area contributed by atoms with Crippen LogP contribution in [0.15, 0.2) is 42.6 Å². The number of rotatable bonds is 2. The fourth-order valence-electron chi connectivity index (χ4n) is 2.28. The number of hydrogen-bond acceptors (Lipinski definition) is 4. The SMILES string of the molecule is O=[N+]([O-])c1cc(F)cc(N2CC(F)(C#Cc3ccccn3)C2)c1. The number of nitrogens with zero attached hydrogens (tertiary/aromatic N) is 3. The minimum absolute atomic E-state index is 0.0760. The summed E-state index contributed by atoms with van der Waals surface area (Å²) >= 11 is 0. The van der Waals surface area contributed by atoms with E-state index in [4.69, 9.17) is 0 Å². The van der Waals surface area contributed by atoms with Crippen LogP contribution in [0.5, 0.6) is 0 Å². The van der Waals surface area contributed by atoms with Crippen molar-refractivity contribution >= 4 is 11.4 Å². The van der Waals surface area contributed by atoms with Gasteiger partial charge < -0.3 is 4.90 Å². The predicted octanol–water partition coefficient (Wildman–Crippen LogP) is 2.71. The molecule has 23 heavy (non-hydrogen) atoms. The monoisotopic (exact) mass is 315 g/mol. The molecule has 1 aliphatic heterocycles. The van der Waals surface area contributed by atoms with Crippen molar-refractivity contribution in [2.45, 2.75) is 5.67 Å². The Morgan fingerprint density at radius 3 is 2.74 bits per heavy atom. The van der Waals surface area contributed by atoms with Crippen molar-refractivity contribution in [3.8, 4) is 11.8 Å². The van der Waals surface area contributed by atoms with Crippen molar-refractivity contribution in [1.29, 1.82) is 0 Å². The average molecular weight is 315 g/mol. The molecule has 0 bridgehead atoms. The van der Waals surface area contributed by atoms with Gasteiger partial charge in [0.05, 0.1) is 24.1 Å². The first kappa shape index (κ1) is 14.9. The molecule has 0 N–H and O–H groups in total. The van der Waals surface area contributed by atoms with Crippen LogP contribution >= 0.6 is 0 Å². The minimum Gasteiger partial charge on any atom is -0.363 e. The third kappa shape index (κ3) is 3.26. The van der Waals surface area contributed by atoms with Gasteiger partial charge in [-0.15, -0.1) is 0 Å². The number of non-ortho nitro benzene ring substituents is 1. The molecule has 0 radical (unpaired) electrons. The van der Waals surface area contributed by atoms with E-state index in [0.717, 1.165) is 12.1 Å². The molecule has 0 aliphatic carbocycles. The molecule has 5 nitrogen and oxygen atoms in total. The van der Waals surface area contributed by atoms with E-state index in [2.05, 4.69) is 16.8 Å². The van der Waals surface area contributed by atoms with Gasteiger partial charge in [0.2, 0.25) is 5.67 Å². The number of aromatic nitrogens is 1.